The van der Waals surface area contributed by atoms with Crippen molar-refractivity contribution in [1.82, 2.24) is 19.7 Å². The van der Waals surface area contributed by atoms with Gasteiger partial charge in [-0.05, 0) is 24.6 Å². The molecule has 100 valence electrons. The largest absolute Gasteiger partial charge is 0.349 e. The Labute approximate surface area is 111 Å². The van der Waals surface area contributed by atoms with Crippen molar-refractivity contribution < 1.29 is 9.59 Å². The highest BCUT2D eigenvalue weighted by Gasteiger charge is 2.17. The first-order chi connectivity index (χ1) is 9.18. The van der Waals surface area contributed by atoms with Crippen LogP contribution in [0.2, 0.25) is 0 Å². The van der Waals surface area contributed by atoms with Crippen molar-refractivity contribution in [3.63, 3.8) is 0 Å². The molecule has 0 spiro atoms. The Morgan fingerprint density at radius 1 is 1.32 bits per heavy atom. The summed E-state index contributed by atoms with van der Waals surface area (Å²) in [7, 11) is 1.73. The van der Waals surface area contributed by atoms with Gasteiger partial charge in [-0.2, -0.15) is 5.10 Å². The number of nitrogens with zero attached hydrogens (tertiary/aromatic N) is 3. The van der Waals surface area contributed by atoms with Gasteiger partial charge in [0.2, 0.25) is 0 Å². The maximum absolute atomic E-state index is 11.8. The van der Waals surface area contributed by atoms with E-state index in [4.69, 9.17) is 0 Å². The van der Waals surface area contributed by atoms with Crippen LogP contribution in [0.15, 0.2) is 36.8 Å². The number of rotatable bonds is 6. The second-order valence-electron chi connectivity index (χ2n) is 4.21. The zero-order valence-corrected chi connectivity index (χ0v) is 10.7. The van der Waals surface area contributed by atoms with Gasteiger partial charge in [0.25, 0.3) is 11.7 Å². The second kappa shape index (κ2) is 5.99. The SMILES string of the molecule is Cn1cccc1C(=O)C(=O)NCCCn1cccn1. The molecule has 2 heterocycles. The van der Waals surface area contributed by atoms with Crippen molar-refractivity contribution >= 4 is 11.7 Å². The second-order valence-corrected chi connectivity index (χ2v) is 4.21. The smallest absolute Gasteiger partial charge is 0.293 e. The van der Waals surface area contributed by atoms with Gasteiger partial charge in [0.15, 0.2) is 0 Å². The van der Waals surface area contributed by atoms with Crippen LogP contribution < -0.4 is 5.32 Å². The first-order valence-electron chi connectivity index (χ1n) is 6.10. The van der Waals surface area contributed by atoms with Crippen molar-refractivity contribution in [1.29, 1.82) is 0 Å². The molecule has 1 amide bonds. The molecule has 2 rings (SSSR count). The molecule has 19 heavy (non-hydrogen) atoms. The molecule has 0 aromatic carbocycles. The Hall–Kier alpha value is -2.37. The van der Waals surface area contributed by atoms with Gasteiger partial charge in [-0.25, -0.2) is 0 Å². The molecule has 0 atom stereocenters. The molecule has 0 fully saturated rings. The van der Waals surface area contributed by atoms with Crippen molar-refractivity contribution in [3.8, 4) is 0 Å². The zero-order valence-electron chi connectivity index (χ0n) is 10.7. The summed E-state index contributed by atoms with van der Waals surface area (Å²) in [6.07, 6.45) is 6.03. The number of carbonyl (C=O) groups excluding carboxylic acids is 2. The van der Waals surface area contributed by atoms with E-state index < -0.39 is 11.7 Å². The highest BCUT2D eigenvalue weighted by Crippen LogP contribution is 2.00. The third-order valence-corrected chi connectivity index (χ3v) is 2.79. The molecule has 6 heteroatoms. The first kappa shape index (κ1) is 13.1. The lowest BCUT2D eigenvalue weighted by atomic mass is 10.2. The van der Waals surface area contributed by atoms with E-state index in [1.54, 1.807) is 40.8 Å². The van der Waals surface area contributed by atoms with Crippen molar-refractivity contribution in [3.05, 3.63) is 42.5 Å². The zero-order chi connectivity index (χ0) is 13.7. The van der Waals surface area contributed by atoms with E-state index in [0.717, 1.165) is 6.42 Å². The quantitative estimate of drug-likeness (QED) is 0.470. The van der Waals surface area contributed by atoms with E-state index in [0.29, 0.717) is 18.8 Å². The predicted octanol–water partition coefficient (Wildman–Crippen LogP) is 0.611. The van der Waals surface area contributed by atoms with Gasteiger partial charge in [-0.3, -0.25) is 14.3 Å². The van der Waals surface area contributed by atoms with Crippen LogP contribution in [0.5, 0.6) is 0 Å². The Morgan fingerprint density at radius 3 is 2.79 bits per heavy atom. The molecular weight excluding hydrogens is 244 g/mol. The normalized spacial score (nSPS) is 10.4. The van der Waals surface area contributed by atoms with Gasteiger partial charge in [-0.1, -0.05) is 0 Å². The van der Waals surface area contributed by atoms with E-state index in [1.807, 2.05) is 12.3 Å². The van der Waals surface area contributed by atoms with Gasteiger partial charge in [0.1, 0.15) is 0 Å². The fourth-order valence-corrected chi connectivity index (χ4v) is 1.77. The van der Waals surface area contributed by atoms with E-state index >= 15 is 0 Å². The molecule has 0 saturated heterocycles. The number of Topliss-reactive ketones (excluding diaryl/α,β-unsaturated/α-hetero) is 1. The molecule has 0 aliphatic heterocycles. The Morgan fingerprint density at radius 2 is 2.16 bits per heavy atom. The molecule has 6 nitrogen and oxygen atoms in total. The van der Waals surface area contributed by atoms with Crippen LogP contribution >= 0.6 is 0 Å². The monoisotopic (exact) mass is 260 g/mol. The highest BCUT2D eigenvalue weighted by atomic mass is 16.2. The average molecular weight is 260 g/mol. The Kier molecular flexibility index (Phi) is 4.12. The fraction of sp³-hybridized carbons (Fsp3) is 0.308. The lowest BCUT2D eigenvalue weighted by Crippen LogP contribution is -2.33. The minimum atomic E-state index is -0.567. The molecular formula is C13H16N4O2. The minimum absolute atomic E-state index is 0.393. The number of amides is 1. The standard InChI is InChI=1S/C13H16N4O2/c1-16-8-2-5-11(16)12(18)13(19)14-6-3-9-17-10-4-7-15-17/h2,4-5,7-8,10H,3,6,9H2,1H3,(H,14,19). The summed E-state index contributed by atoms with van der Waals surface area (Å²) < 4.78 is 3.41. The minimum Gasteiger partial charge on any atom is -0.349 e. The summed E-state index contributed by atoms with van der Waals surface area (Å²) in [6.45, 7) is 1.17. The lowest BCUT2D eigenvalue weighted by Gasteiger charge is -2.05. The first-order valence-corrected chi connectivity index (χ1v) is 6.10. The number of hydrogen-bond donors (Lipinski definition) is 1. The van der Waals surface area contributed by atoms with Crippen molar-refractivity contribution in [2.24, 2.45) is 7.05 Å². The van der Waals surface area contributed by atoms with Crippen LogP contribution in [0, 0.1) is 0 Å². The van der Waals surface area contributed by atoms with Crippen molar-refractivity contribution in [2.75, 3.05) is 6.54 Å². The average Bonchev–Trinajstić information content (AvgIpc) is 3.04. The number of hydrogen-bond acceptors (Lipinski definition) is 3. The van der Waals surface area contributed by atoms with Gasteiger partial charge in [0.05, 0.1) is 5.69 Å². The number of carbonyl (C=O) groups is 2. The summed E-state index contributed by atoms with van der Waals surface area (Å²) in [4.78, 5) is 23.5. The lowest BCUT2D eigenvalue weighted by molar-refractivity contribution is -0.117. The molecule has 0 aliphatic carbocycles. The van der Waals surface area contributed by atoms with Crippen LogP contribution in [0.3, 0.4) is 0 Å². The predicted molar refractivity (Wildman–Crippen MR) is 69.6 cm³/mol. The number of ketones is 1. The highest BCUT2D eigenvalue weighted by molar-refractivity contribution is 6.42. The van der Waals surface area contributed by atoms with E-state index in [2.05, 4.69) is 10.4 Å². The topological polar surface area (TPSA) is 68.9 Å². The number of aryl methyl sites for hydroxylation is 2. The Bertz CT molecular complexity index is 557. The summed E-state index contributed by atoms with van der Waals surface area (Å²) >= 11 is 0. The summed E-state index contributed by atoms with van der Waals surface area (Å²) in [6, 6.07) is 5.21. The summed E-state index contributed by atoms with van der Waals surface area (Å²) in [5.41, 5.74) is 0.393. The third-order valence-electron chi connectivity index (χ3n) is 2.79. The molecule has 2 aromatic rings. The van der Waals surface area contributed by atoms with E-state index in [1.165, 1.54) is 0 Å². The van der Waals surface area contributed by atoms with Gasteiger partial charge < -0.3 is 9.88 Å². The summed E-state index contributed by atoms with van der Waals surface area (Å²) in [5.74, 6) is -1.08. The molecule has 0 saturated carbocycles. The van der Waals surface area contributed by atoms with Crippen LogP contribution in [0.1, 0.15) is 16.9 Å². The molecule has 0 aliphatic rings. The van der Waals surface area contributed by atoms with Gasteiger partial charge >= 0.3 is 0 Å². The third kappa shape index (κ3) is 3.31. The maximum atomic E-state index is 11.8. The van der Waals surface area contributed by atoms with Crippen LogP contribution in [0.25, 0.3) is 0 Å². The van der Waals surface area contributed by atoms with Gasteiger partial charge in [-0.15, -0.1) is 0 Å². The summed E-state index contributed by atoms with van der Waals surface area (Å²) in [5, 5.41) is 6.67. The Balaban J connectivity index is 1.75. The molecule has 2 aromatic heterocycles. The van der Waals surface area contributed by atoms with Crippen LogP contribution in [0.4, 0.5) is 0 Å². The van der Waals surface area contributed by atoms with Crippen molar-refractivity contribution in [2.45, 2.75) is 13.0 Å². The number of nitrogens with one attached hydrogen (secondary N) is 1. The number of aromatic nitrogens is 3. The molecule has 1 N–H and O–H groups in total. The van der Waals surface area contributed by atoms with E-state index in [9.17, 15) is 9.59 Å². The molecule has 0 unspecified atom stereocenters. The molecule has 0 radical (unpaired) electrons. The van der Waals surface area contributed by atoms with Gasteiger partial charge in [0, 0.05) is 38.7 Å². The van der Waals surface area contributed by atoms with E-state index in [-0.39, 0.29) is 0 Å². The maximum Gasteiger partial charge on any atom is 0.293 e. The fourth-order valence-electron chi connectivity index (χ4n) is 1.77. The molecule has 0 bridgehead atoms. The van der Waals surface area contributed by atoms with Crippen LogP contribution in [-0.4, -0.2) is 32.6 Å². The van der Waals surface area contributed by atoms with Crippen LogP contribution in [-0.2, 0) is 18.4 Å².